The second-order valence-electron chi connectivity index (χ2n) is 5.56. The third kappa shape index (κ3) is 5.37. The van der Waals surface area contributed by atoms with Gasteiger partial charge in [0.25, 0.3) is 5.91 Å². The summed E-state index contributed by atoms with van der Waals surface area (Å²) in [4.78, 5) is 24.6. The molecule has 0 saturated carbocycles. The van der Waals surface area contributed by atoms with Gasteiger partial charge in [0.05, 0.1) is 26.4 Å². The second-order valence-corrected chi connectivity index (χ2v) is 5.56. The minimum atomic E-state index is -0.975. The number of carbonyl (C=O) groups excluding carboxylic acids is 2. The Kier molecular flexibility index (Phi) is 7.05. The molecular weight excluding hydrogens is 350 g/mol. The van der Waals surface area contributed by atoms with Crippen molar-refractivity contribution in [3.63, 3.8) is 0 Å². The Morgan fingerprint density at radius 2 is 1.70 bits per heavy atom. The molecule has 0 saturated heterocycles. The van der Waals surface area contributed by atoms with Gasteiger partial charge in [-0.25, -0.2) is 4.79 Å². The number of hydrogen-bond donors (Lipinski definition) is 1. The zero-order valence-electron chi connectivity index (χ0n) is 15.8. The van der Waals surface area contributed by atoms with E-state index in [9.17, 15) is 9.59 Å². The van der Waals surface area contributed by atoms with Crippen LogP contribution in [0.1, 0.15) is 24.2 Å². The Bertz CT molecular complexity index is 788. The van der Waals surface area contributed by atoms with Gasteiger partial charge in [0.2, 0.25) is 0 Å². The first-order valence-corrected chi connectivity index (χ1v) is 8.45. The van der Waals surface area contributed by atoms with E-state index in [-0.39, 0.29) is 5.56 Å². The molecule has 7 heteroatoms. The maximum Gasteiger partial charge on any atom is 0.339 e. The van der Waals surface area contributed by atoms with Gasteiger partial charge >= 0.3 is 5.97 Å². The van der Waals surface area contributed by atoms with E-state index in [2.05, 4.69) is 5.32 Å². The summed E-state index contributed by atoms with van der Waals surface area (Å²) < 4.78 is 20.9. The topological polar surface area (TPSA) is 83.1 Å². The number of methoxy groups -OCH3 is 2. The van der Waals surface area contributed by atoms with Gasteiger partial charge in [-0.1, -0.05) is 0 Å². The maximum absolute atomic E-state index is 12.3. The van der Waals surface area contributed by atoms with Crippen molar-refractivity contribution in [3.05, 3.63) is 48.0 Å². The summed E-state index contributed by atoms with van der Waals surface area (Å²) in [5.41, 5.74) is 0.843. The maximum atomic E-state index is 12.3. The van der Waals surface area contributed by atoms with Crippen LogP contribution in [0, 0.1) is 0 Å². The van der Waals surface area contributed by atoms with Crippen LogP contribution in [0.15, 0.2) is 42.5 Å². The first-order chi connectivity index (χ1) is 13.0. The molecular formula is C20H23NO6. The summed E-state index contributed by atoms with van der Waals surface area (Å²) in [6, 6.07) is 11.5. The van der Waals surface area contributed by atoms with Crippen LogP contribution in [0.5, 0.6) is 17.2 Å². The smallest absolute Gasteiger partial charge is 0.339 e. The third-order valence-corrected chi connectivity index (χ3v) is 3.71. The predicted molar refractivity (Wildman–Crippen MR) is 101 cm³/mol. The van der Waals surface area contributed by atoms with Crippen LogP contribution in [-0.4, -0.2) is 38.8 Å². The van der Waals surface area contributed by atoms with E-state index in [1.54, 1.807) is 43.5 Å². The fraction of sp³-hybridized carbons (Fsp3) is 0.300. The zero-order chi connectivity index (χ0) is 19.8. The molecule has 0 radical (unpaired) electrons. The van der Waals surface area contributed by atoms with Crippen LogP contribution < -0.4 is 19.5 Å². The number of nitrogens with one attached hydrogen (secondary N) is 1. The highest BCUT2D eigenvalue weighted by atomic mass is 16.5. The zero-order valence-corrected chi connectivity index (χ0v) is 15.8. The molecule has 2 aromatic rings. The monoisotopic (exact) mass is 373 g/mol. The molecule has 0 spiro atoms. The number of anilines is 1. The summed E-state index contributed by atoms with van der Waals surface area (Å²) in [5.74, 6) is 0.559. The van der Waals surface area contributed by atoms with Crippen molar-refractivity contribution in [2.45, 2.75) is 20.0 Å². The van der Waals surface area contributed by atoms with E-state index in [1.165, 1.54) is 20.1 Å². The molecule has 7 nitrogen and oxygen atoms in total. The van der Waals surface area contributed by atoms with E-state index >= 15 is 0 Å². The van der Waals surface area contributed by atoms with E-state index in [0.29, 0.717) is 29.5 Å². The van der Waals surface area contributed by atoms with Crippen LogP contribution >= 0.6 is 0 Å². The standard InChI is InChI=1S/C20H23NO6/c1-5-26-18-12-14(6-11-17(18)25-4)20(23)27-13(2)19(22)21-15-7-9-16(24-3)10-8-15/h6-13H,5H2,1-4H3,(H,21,22). The van der Waals surface area contributed by atoms with Gasteiger partial charge in [0.1, 0.15) is 5.75 Å². The summed E-state index contributed by atoms with van der Waals surface area (Å²) in [6.07, 6.45) is -0.975. The summed E-state index contributed by atoms with van der Waals surface area (Å²) >= 11 is 0. The molecule has 0 aliphatic heterocycles. The van der Waals surface area contributed by atoms with Gasteiger partial charge in [0.15, 0.2) is 17.6 Å². The molecule has 0 fully saturated rings. The van der Waals surface area contributed by atoms with Crippen molar-refractivity contribution in [3.8, 4) is 17.2 Å². The van der Waals surface area contributed by atoms with Crippen molar-refractivity contribution >= 4 is 17.6 Å². The predicted octanol–water partition coefficient (Wildman–Crippen LogP) is 3.29. The number of hydrogen-bond acceptors (Lipinski definition) is 6. The number of esters is 1. The molecule has 0 aliphatic carbocycles. The van der Waals surface area contributed by atoms with Crippen molar-refractivity contribution in [1.82, 2.24) is 0 Å². The Hall–Kier alpha value is -3.22. The lowest BCUT2D eigenvalue weighted by Gasteiger charge is -2.15. The quantitative estimate of drug-likeness (QED) is 0.715. The minimum Gasteiger partial charge on any atom is -0.497 e. The van der Waals surface area contributed by atoms with Gasteiger partial charge in [-0.15, -0.1) is 0 Å². The number of rotatable bonds is 8. The molecule has 27 heavy (non-hydrogen) atoms. The normalized spacial score (nSPS) is 11.3. The van der Waals surface area contributed by atoms with Crippen molar-refractivity contribution in [1.29, 1.82) is 0 Å². The fourth-order valence-corrected chi connectivity index (χ4v) is 2.27. The molecule has 1 unspecified atom stereocenters. The molecule has 0 aliphatic rings. The van der Waals surface area contributed by atoms with Crippen LogP contribution in [0.3, 0.4) is 0 Å². The highest BCUT2D eigenvalue weighted by molar-refractivity contribution is 5.97. The first kappa shape index (κ1) is 20.1. The lowest BCUT2D eigenvalue weighted by atomic mass is 10.2. The molecule has 1 N–H and O–H groups in total. The Labute approximate surface area is 158 Å². The van der Waals surface area contributed by atoms with Crippen LogP contribution in [-0.2, 0) is 9.53 Å². The van der Waals surface area contributed by atoms with Gasteiger partial charge in [-0.05, 0) is 56.3 Å². The summed E-state index contributed by atoms with van der Waals surface area (Å²) in [5, 5.41) is 2.68. The molecule has 2 rings (SSSR count). The number of amides is 1. The average molecular weight is 373 g/mol. The van der Waals surface area contributed by atoms with Crippen LogP contribution in [0.25, 0.3) is 0 Å². The van der Waals surface area contributed by atoms with Crippen LogP contribution in [0.2, 0.25) is 0 Å². The highest BCUT2D eigenvalue weighted by Crippen LogP contribution is 2.28. The van der Waals surface area contributed by atoms with Gasteiger partial charge in [-0.3, -0.25) is 4.79 Å². The number of ether oxygens (including phenoxy) is 4. The molecule has 0 heterocycles. The van der Waals surface area contributed by atoms with E-state index in [0.717, 1.165) is 0 Å². The summed E-state index contributed by atoms with van der Waals surface area (Å²) in [6.45, 7) is 3.76. The third-order valence-electron chi connectivity index (χ3n) is 3.71. The highest BCUT2D eigenvalue weighted by Gasteiger charge is 2.20. The van der Waals surface area contributed by atoms with E-state index in [4.69, 9.17) is 18.9 Å². The Morgan fingerprint density at radius 1 is 1.00 bits per heavy atom. The minimum absolute atomic E-state index is 0.267. The molecule has 0 aromatic heterocycles. The van der Waals surface area contributed by atoms with Crippen molar-refractivity contribution in [2.75, 3.05) is 26.1 Å². The number of benzene rings is 2. The Balaban J connectivity index is 2.01. The molecule has 1 atom stereocenters. The average Bonchev–Trinajstić information content (AvgIpc) is 2.68. The van der Waals surface area contributed by atoms with Crippen molar-refractivity contribution < 1.29 is 28.5 Å². The Morgan fingerprint density at radius 3 is 2.30 bits per heavy atom. The van der Waals surface area contributed by atoms with Crippen molar-refractivity contribution in [2.24, 2.45) is 0 Å². The second kappa shape index (κ2) is 9.47. The van der Waals surface area contributed by atoms with Gasteiger partial charge in [0, 0.05) is 5.69 Å². The molecule has 144 valence electrons. The first-order valence-electron chi connectivity index (χ1n) is 8.45. The van der Waals surface area contributed by atoms with E-state index in [1.807, 2.05) is 6.92 Å². The lowest BCUT2D eigenvalue weighted by Crippen LogP contribution is -2.30. The largest absolute Gasteiger partial charge is 0.497 e. The molecule has 2 aromatic carbocycles. The van der Waals surface area contributed by atoms with Gasteiger partial charge in [-0.2, -0.15) is 0 Å². The summed E-state index contributed by atoms with van der Waals surface area (Å²) in [7, 11) is 3.08. The van der Waals surface area contributed by atoms with E-state index < -0.39 is 18.0 Å². The SMILES string of the molecule is CCOc1cc(C(=O)OC(C)C(=O)Nc2ccc(OC)cc2)ccc1OC. The van der Waals surface area contributed by atoms with Gasteiger partial charge < -0.3 is 24.3 Å². The molecule has 0 bridgehead atoms. The number of carbonyl (C=O) groups is 2. The molecule has 1 amide bonds. The fourth-order valence-electron chi connectivity index (χ4n) is 2.27. The van der Waals surface area contributed by atoms with Crippen LogP contribution in [0.4, 0.5) is 5.69 Å². The lowest BCUT2D eigenvalue weighted by molar-refractivity contribution is -0.123.